The van der Waals surface area contributed by atoms with Gasteiger partial charge in [-0.3, -0.25) is 10.1 Å². The van der Waals surface area contributed by atoms with Crippen molar-refractivity contribution in [2.45, 2.75) is 5.54 Å². The molecule has 1 unspecified atom stereocenters. The molecule has 1 heterocycles. The van der Waals surface area contributed by atoms with Gasteiger partial charge in [-0.05, 0) is 34.7 Å². The number of fused-ring (bicyclic) bond motifs is 1. The van der Waals surface area contributed by atoms with E-state index >= 15 is 0 Å². The van der Waals surface area contributed by atoms with Gasteiger partial charge in [-0.15, -0.1) is 0 Å². The van der Waals surface area contributed by atoms with E-state index < -0.39 is 11.6 Å². The van der Waals surface area contributed by atoms with Gasteiger partial charge < -0.3 is 5.32 Å². The molecule has 0 radical (unpaired) electrons. The van der Waals surface area contributed by atoms with Gasteiger partial charge in [-0.2, -0.15) is 0 Å². The van der Waals surface area contributed by atoms with Crippen molar-refractivity contribution >= 4 is 40.0 Å². The second-order valence-electron chi connectivity index (χ2n) is 3.84. The van der Waals surface area contributed by atoms with Crippen molar-refractivity contribution in [1.82, 2.24) is 10.6 Å². The lowest BCUT2D eigenvalue weighted by Crippen LogP contribution is -2.41. The highest BCUT2D eigenvalue weighted by molar-refractivity contribution is 9.10. The van der Waals surface area contributed by atoms with Gasteiger partial charge in [-0.1, -0.05) is 22.0 Å². The maximum atomic E-state index is 11.7. The molecule has 1 atom stereocenters. The molecule has 1 aliphatic heterocycles. The molecule has 1 aliphatic carbocycles. The number of nitrogens with one attached hydrogen (secondary N) is 2. The van der Waals surface area contributed by atoms with E-state index in [0.29, 0.717) is 0 Å². The van der Waals surface area contributed by atoms with Crippen LogP contribution in [0.1, 0.15) is 0 Å². The second-order valence-corrected chi connectivity index (χ2v) is 4.75. The van der Waals surface area contributed by atoms with Crippen molar-refractivity contribution in [1.29, 1.82) is 0 Å². The van der Waals surface area contributed by atoms with Crippen LogP contribution in [0.5, 0.6) is 0 Å². The summed E-state index contributed by atoms with van der Waals surface area (Å²) in [5.74, 6) is -0.329. The number of carbonyl (C=O) groups excluding carboxylic acids is 2. The van der Waals surface area contributed by atoms with Gasteiger partial charge in [0, 0.05) is 4.47 Å². The van der Waals surface area contributed by atoms with Crippen molar-refractivity contribution in [3.63, 3.8) is 0 Å². The van der Waals surface area contributed by atoms with Crippen LogP contribution in [0.2, 0.25) is 0 Å². The molecule has 3 rings (SSSR count). The van der Waals surface area contributed by atoms with E-state index in [4.69, 9.17) is 0 Å². The topological polar surface area (TPSA) is 58.2 Å². The Hall–Kier alpha value is -1.62. The van der Waals surface area contributed by atoms with E-state index in [9.17, 15) is 9.59 Å². The number of hydrogen-bond donors (Lipinski definition) is 2. The van der Waals surface area contributed by atoms with Crippen molar-refractivity contribution < 1.29 is 9.59 Å². The first-order valence-corrected chi connectivity index (χ1v) is 5.53. The highest BCUT2D eigenvalue weighted by Crippen LogP contribution is 2.17. The lowest BCUT2D eigenvalue weighted by Gasteiger charge is -2.13. The Morgan fingerprint density at radius 1 is 1.12 bits per heavy atom. The number of imide groups is 1. The van der Waals surface area contributed by atoms with E-state index in [1.165, 1.54) is 0 Å². The summed E-state index contributed by atoms with van der Waals surface area (Å²) in [6.45, 7) is 0. The highest BCUT2D eigenvalue weighted by atomic mass is 79.9. The Bertz CT molecular complexity index is 638. The number of rotatable bonds is 0. The maximum Gasteiger partial charge on any atom is 0.322 e. The molecule has 0 saturated carbocycles. The summed E-state index contributed by atoms with van der Waals surface area (Å²) in [5.41, 5.74) is -1.000. The number of hydrogen-bond acceptors (Lipinski definition) is 2. The van der Waals surface area contributed by atoms with Crippen LogP contribution in [0.25, 0.3) is 12.2 Å². The molecule has 4 nitrogen and oxygen atoms in total. The molecule has 2 N–H and O–H groups in total. The highest BCUT2D eigenvalue weighted by Gasteiger charge is 2.43. The Labute approximate surface area is 99.2 Å². The van der Waals surface area contributed by atoms with Crippen LogP contribution in [-0.2, 0) is 4.79 Å². The van der Waals surface area contributed by atoms with Crippen LogP contribution in [-0.4, -0.2) is 17.5 Å². The average molecular weight is 279 g/mol. The SMILES string of the molecule is O=C1NC(=O)C2(C=c3ccc(Br)cc3=C2)N1. The predicted octanol–water partition coefficient (Wildman–Crippen LogP) is -0.398. The van der Waals surface area contributed by atoms with Gasteiger partial charge in [0.2, 0.25) is 0 Å². The van der Waals surface area contributed by atoms with Gasteiger partial charge in [0.15, 0.2) is 5.54 Å². The zero-order valence-electron chi connectivity index (χ0n) is 8.08. The minimum atomic E-state index is -1.000. The number of benzene rings is 1. The van der Waals surface area contributed by atoms with Crippen LogP contribution < -0.4 is 21.1 Å². The largest absolute Gasteiger partial charge is 0.322 e. The smallest absolute Gasteiger partial charge is 0.317 e. The Balaban J connectivity index is 2.24. The van der Waals surface area contributed by atoms with E-state index in [0.717, 1.165) is 14.9 Å². The van der Waals surface area contributed by atoms with Crippen LogP contribution >= 0.6 is 15.9 Å². The van der Waals surface area contributed by atoms with Crippen molar-refractivity contribution in [3.05, 3.63) is 33.1 Å². The Morgan fingerprint density at radius 2 is 1.88 bits per heavy atom. The summed E-state index contributed by atoms with van der Waals surface area (Å²) in [6.07, 6.45) is 3.52. The molecule has 80 valence electrons. The lowest BCUT2D eigenvalue weighted by atomic mass is 10.0. The van der Waals surface area contributed by atoms with Crippen LogP contribution in [0.3, 0.4) is 0 Å². The first kappa shape index (κ1) is 9.59. The number of urea groups is 1. The normalized spacial score (nSPS) is 25.8. The van der Waals surface area contributed by atoms with E-state index in [-0.39, 0.29) is 5.91 Å². The molecule has 16 heavy (non-hydrogen) atoms. The first-order chi connectivity index (χ1) is 7.59. The molecule has 1 saturated heterocycles. The Morgan fingerprint density at radius 3 is 2.56 bits per heavy atom. The fraction of sp³-hybridized carbons (Fsp3) is 0.0909. The number of amides is 3. The summed E-state index contributed by atoms with van der Waals surface area (Å²) in [4.78, 5) is 22.8. The number of carbonyl (C=O) groups is 2. The molecule has 0 bridgehead atoms. The minimum Gasteiger partial charge on any atom is -0.317 e. The van der Waals surface area contributed by atoms with Gasteiger partial charge in [-0.25, -0.2) is 4.79 Å². The minimum absolute atomic E-state index is 0.329. The molecular formula is C11H7BrN2O2. The third kappa shape index (κ3) is 1.21. The predicted molar refractivity (Wildman–Crippen MR) is 61.7 cm³/mol. The van der Waals surface area contributed by atoms with E-state index in [2.05, 4.69) is 26.6 Å². The molecule has 1 fully saturated rings. The van der Waals surface area contributed by atoms with Crippen molar-refractivity contribution in [3.8, 4) is 0 Å². The van der Waals surface area contributed by atoms with E-state index in [1.54, 1.807) is 12.2 Å². The molecule has 5 heteroatoms. The van der Waals surface area contributed by atoms with Gasteiger partial charge in [0.25, 0.3) is 5.91 Å². The fourth-order valence-corrected chi connectivity index (χ4v) is 2.40. The fourth-order valence-electron chi connectivity index (χ4n) is 2.02. The number of halogens is 1. The summed E-state index contributed by atoms with van der Waals surface area (Å²) in [5, 5.41) is 6.74. The van der Waals surface area contributed by atoms with Gasteiger partial charge in [0.05, 0.1) is 0 Å². The van der Waals surface area contributed by atoms with Crippen LogP contribution in [0.4, 0.5) is 4.79 Å². The van der Waals surface area contributed by atoms with Crippen LogP contribution in [0, 0.1) is 0 Å². The maximum absolute atomic E-state index is 11.7. The molecule has 1 aromatic carbocycles. The summed E-state index contributed by atoms with van der Waals surface area (Å²) in [6, 6.07) is 5.27. The monoisotopic (exact) mass is 278 g/mol. The molecule has 2 aliphatic rings. The van der Waals surface area contributed by atoms with Gasteiger partial charge in [0.1, 0.15) is 0 Å². The quantitative estimate of drug-likeness (QED) is 0.635. The third-order valence-electron chi connectivity index (χ3n) is 2.74. The lowest BCUT2D eigenvalue weighted by molar-refractivity contribution is -0.120. The first-order valence-electron chi connectivity index (χ1n) is 4.74. The summed E-state index contributed by atoms with van der Waals surface area (Å²) < 4.78 is 0.942. The second kappa shape index (κ2) is 2.95. The summed E-state index contributed by atoms with van der Waals surface area (Å²) >= 11 is 3.37. The molecular weight excluding hydrogens is 272 g/mol. The molecule has 0 aromatic heterocycles. The van der Waals surface area contributed by atoms with Crippen molar-refractivity contribution in [2.75, 3.05) is 0 Å². The third-order valence-corrected chi connectivity index (χ3v) is 3.23. The zero-order chi connectivity index (χ0) is 11.3. The van der Waals surface area contributed by atoms with Crippen molar-refractivity contribution in [2.24, 2.45) is 0 Å². The molecule has 1 spiro atoms. The van der Waals surface area contributed by atoms with E-state index in [1.807, 2.05) is 18.2 Å². The molecule has 3 amide bonds. The zero-order valence-corrected chi connectivity index (χ0v) is 9.67. The summed E-state index contributed by atoms with van der Waals surface area (Å²) in [7, 11) is 0. The standard InChI is InChI=1S/C11H7BrN2O2/c12-8-2-1-6-4-11(5-7(6)3-8)9(15)13-10(16)14-11/h1-5H,(H2,13,14,15,16). The molecule has 1 aromatic rings. The average Bonchev–Trinajstić information content (AvgIpc) is 2.67. The Kier molecular flexibility index (Phi) is 1.77. The van der Waals surface area contributed by atoms with Crippen LogP contribution in [0.15, 0.2) is 22.7 Å². The van der Waals surface area contributed by atoms with Gasteiger partial charge >= 0.3 is 6.03 Å².